The molecule has 0 radical (unpaired) electrons. The number of hydrogen-bond acceptors (Lipinski definition) is 4. The highest BCUT2D eigenvalue weighted by Gasteiger charge is 2.49. The number of aromatic nitrogens is 1. The van der Waals surface area contributed by atoms with Gasteiger partial charge in [-0.25, -0.2) is 13.4 Å². The lowest BCUT2D eigenvalue weighted by Crippen LogP contribution is -2.08. The van der Waals surface area contributed by atoms with Crippen LogP contribution in [0.25, 0.3) is 11.1 Å². The van der Waals surface area contributed by atoms with Crippen molar-refractivity contribution in [2.24, 2.45) is 0 Å². The summed E-state index contributed by atoms with van der Waals surface area (Å²) < 4.78 is 23.4. The smallest absolute Gasteiger partial charge is 0.175 e. The summed E-state index contributed by atoms with van der Waals surface area (Å²) in [6.45, 7) is 0.974. The van der Waals surface area contributed by atoms with Crippen molar-refractivity contribution in [1.29, 1.82) is 0 Å². The Morgan fingerprint density at radius 3 is 2.71 bits per heavy atom. The number of benzene rings is 1. The van der Waals surface area contributed by atoms with Crippen LogP contribution in [0.2, 0.25) is 0 Å². The van der Waals surface area contributed by atoms with Crippen molar-refractivity contribution in [3.8, 4) is 11.1 Å². The summed E-state index contributed by atoms with van der Waals surface area (Å²) in [4.78, 5) is 4.85. The summed E-state index contributed by atoms with van der Waals surface area (Å²) >= 11 is 0. The molecule has 0 saturated heterocycles. The van der Waals surface area contributed by atoms with Gasteiger partial charge in [-0.3, -0.25) is 0 Å². The molecule has 1 aromatic heterocycles. The number of fused-ring (bicyclic) bond motifs is 2. The molecule has 108 valence electrons. The van der Waals surface area contributed by atoms with Gasteiger partial charge in [0.15, 0.2) is 9.84 Å². The van der Waals surface area contributed by atoms with Crippen LogP contribution in [0.5, 0.6) is 0 Å². The molecule has 0 unspecified atom stereocenters. The molecule has 0 bridgehead atoms. The van der Waals surface area contributed by atoms with Crippen molar-refractivity contribution in [2.75, 3.05) is 18.1 Å². The molecular weight excluding hydrogens is 284 g/mol. The first-order valence-electron chi connectivity index (χ1n) is 7.03. The topological polar surface area (TPSA) is 59.1 Å². The van der Waals surface area contributed by atoms with Crippen LogP contribution in [0.15, 0.2) is 41.4 Å². The van der Waals surface area contributed by atoms with E-state index in [0.29, 0.717) is 4.90 Å². The zero-order chi connectivity index (χ0) is 14.7. The summed E-state index contributed by atoms with van der Waals surface area (Å²) in [5.41, 5.74) is 3.45. The van der Waals surface area contributed by atoms with E-state index < -0.39 is 9.84 Å². The van der Waals surface area contributed by atoms with Gasteiger partial charge in [0.1, 0.15) is 5.82 Å². The molecule has 1 fully saturated rings. The summed E-state index contributed by atoms with van der Waals surface area (Å²) in [6.07, 6.45) is 5.47. The van der Waals surface area contributed by atoms with Crippen molar-refractivity contribution in [3.63, 3.8) is 0 Å². The van der Waals surface area contributed by atoms with E-state index >= 15 is 0 Å². The number of nitrogens with zero attached hydrogens (tertiary/aromatic N) is 1. The highest BCUT2D eigenvalue weighted by molar-refractivity contribution is 7.90. The Morgan fingerprint density at radius 2 is 2.00 bits per heavy atom. The molecule has 4 nitrogen and oxygen atoms in total. The average molecular weight is 300 g/mol. The third-order valence-corrected chi connectivity index (χ3v) is 5.61. The number of anilines is 1. The van der Waals surface area contributed by atoms with Crippen molar-refractivity contribution in [3.05, 3.63) is 42.1 Å². The largest absolute Gasteiger partial charge is 0.369 e. The summed E-state index contributed by atoms with van der Waals surface area (Å²) in [5.74, 6) is 0.982. The molecule has 5 heteroatoms. The minimum Gasteiger partial charge on any atom is -0.369 e. The predicted molar refractivity (Wildman–Crippen MR) is 82.2 cm³/mol. The average Bonchev–Trinajstić information content (AvgIpc) is 3.16. The molecule has 0 amide bonds. The standard InChI is InChI=1S/C16H16N2O2S/c1-21(19,20)13-4-2-3-11(7-13)12-8-14-15(17-9-12)18-10-16(14)5-6-16/h2-4,7-9H,5-6,10H2,1H3,(H,17,18). The minimum atomic E-state index is -3.19. The summed E-state index contributed by atoms with van der Waals surface area (Å²) in [6, 6.07) is 9.23. The van der Waals surface area contributed by atoms with Crippen LogP contribution in [-0.2, 0) is 15.3 Å². The van der Waals surface area contributed by atoms with Gasteiger partial charge in [-0.1, -0.05) is 12.1 Å². The minimum absolute atomic E-state index is 0.285. The number of pyridine rings is 1. The molecule has 1 saturated carbocycles. The maximum Gasteiger partial charge on any atom is 0.175 e. The van der Waals surface area contributed by atoms with Crippen LogP contribution in [0.1, 0.15) is 18.4 Å². The van der Waals surface area contributed by atoms with Gasteiger partial charge in [-0.15, -0.1) is 0 Å². The van der Waals surface area contributed by atoms with Crippen LogP contribution in [0, 0.1) is 0 Å². The highest BCUT2D eigenvalue weighted by Crippen LogP contribution is 2.54. The molecule has 2 heterocycles. The second-order valence-corrected chi connectivity index (χ2v) is 8.07. The molecule has 1 aliphatic heterocycles. The number of hydrogen-bond donors (Lipinski definition) is 1. The summed E-state index contributed by atoms with van der Waals surface area (Å²) in [5, 5.41) is 3.36. The van der Waals surface area contributed by atoms with Crippen LogP contribution in [0.3, 0.4) is 0 Å². The molecule has 21 heavy (non-hydrogen) atoms. The first-order chi connectivity index (χ1) is 9.98. The Labute approximate surface area is 124 Å². The lowest BCUT2D eigenvalue weighted by Gasteiger charge is -2.09. The summed E-state index contributed by atoms with van der Waals surface area (Å²) in [7, 11) is -3.19. The predicted octanol–water partition coefficient (Wildman–Crippen LogP) is 2.61. The van der Waals surface area contributed by atoms with E-state index in [2.05, 4.69) is 16.4 Å². The van der Waals surface area contributed by atoms with Crippen LogP contribution >= 0.6 is 0 Å². The molecule has 1 spiro atoms. The molecule has 1 N–H and O–H groups in total. The molecule has 1 aromatic carbocycles. The third kappa shape index (κ3) is 2.03. The fourth-order valence-corrected chi connectivity index (χ4v) is 3.69. The van der Waals surface area contributed by atoms with Gasteiger partial charge in [-0.05, 0) is 36.6 Å². The van der Waals surface area contributed by atoms with Gasteiger partial charge >= 0.3 is 0 Å². The van der Waals surface area contributed by atoms with Crippen LogP contribution in [-0.4, -0.2) is 26.2 Å². The van der Waals surface area contributed by atoms with Gasteiger partial charge in [0.25, 0.3) is 0 Å². The molecular formula is C16H16N2O2S. The van der Waals surface area contributed by atoms with Crippen molar-refractivity contribution in [1.82, 2.24) is 4.98 Å². The molecule has 0 atom stereocenters. The maximum atomic E-state index is 11.7. The number of rotatable bonds is 2. The molecule has 4 rings (SSSR count). The van der Waals surface area contributed by atoms with Gasteiger partial charge in [0.05, 0.1) is 4.90 Å². The fraction of sp³-hybridized carbons (Fsp3) is 0.312. The molecule has 2 aromatic rings. The van der Waals surface area contributed by atoms with Gasteiger partial charge in [-0.2, -0.15) is 0 Å². The van der Waals surface area contributed by atoms with Crippen LogP contribution < -0.4 is 5.32 Å². The van der Waals surface area contributed by atoms with E-state index in [1.54, 1.807) is 18.2 Å². The zero-order valence-electron chi connectivity index (χ0n) is 11.8. The SMILES string of the molecule is CS(=O)(=O)c1cccc(-c2cnc3c(c2)C2(CC2)CN3)c1. The Kier molecular flexibility index (Phi) is 2.49. The first kappa shape index (κ1) is 12.8. The van der Waals surface area contributed by atoms with Crippen molar-refractivity contribution in [2.45, 2.75) is 23.2 Å². The number of nitrogens with one attached hydrogen (secondary N) is 1. The normalized spacial score (nSPS) is 18.3. The lowest BCUT2D eigenvalue weighted by atomic mass is 9.97. The molecule has 2 aliphatic rings. The Bertz CT molecular complexity index is 839. The number of sulfone groups is 1. The Morgan fingerprint density at radius 1 is 1.19 bits per heavy atom. The van der Waals surface area contributed by atoms with Gasteiger partial charge in [0.2, 0.25) is 0 Å². The van der Waals surface area contributed by atoms with E-state index in [1.807, 2.05) is 12.3 Å². The van der Waals surface area contributed by atoms with E-state index in [0.717, 1.165) is 23.5 Å². The quantitative estimate of drug-likeness (QED) is 0.926. The second kappa shape index (κ2) is 4.07. The third-order valence-electron chi connectivity index (χ3n) is 4.50. The monoisotopic (exact) mass is 300 g/mol. The lowest BCUT2D eigenvalue weighted by molar-refractivity contribution is 0.602. The Balaban J connectivity index is 1.82. The first-order valence-corrected chi connectivity index (χ1v) is 8.92. The van der Waals surface area contributed by atoms with E-state index in [-0.39, 0.29) is 5.41 Å². The van der Waals surface area contributed by atoms with E-state index in [4.69, 9.17) is 0 Å². The van der Waals surface area contributed by atoms with E-state index in [1.165, 1.54) is 24.7 Å². The van der Waals surface area contributed by atoms with Gasteiger partial charge in [0, 0.05) is 35.5 Å². The molecule has 1 aliphatic carbocycles. The van der Waals surface area contributed by atoms with Crippen molar-refractivity contribution >= 4 is 15.7 Å². The second-order valence-electron chi connectivity index (χ2n) is 6.05. The van der Waals surface area contributed by atoms with Crippen LogP contribution in [0.4, 0.5) is 5.82 Å². The van der Waals surface area contributed by atoms with E-state index in [9.17, 15) is 8.42 Å². The maximum absolute atomic E-state index is 11.7. The van der Waals surface area contributed by atoms with Crippen molar-refractivity contribution < 1.29 is 8.42 Å². The fourth-order valence-electron chi connectivity index (χ4n) is 3.02. The highest BCUT2D eigenvalue weighted by atomic mass is 32.2. The Hall–Kier alpha value is -1.88. The van der Waals surface area contributed by atoms with Gasteiger partial charge < -0.3 is 5.32 Å². The zero-order valence-corrected chi connectivity index (χ0v) is 12.6.